The van der Waals surface area contributed by atoms with E-state index in [1.807, 2.05) is 27.7 Å². The molecule has 0 radical (unpaired) electrons. The topological polar surface area (TPSA) is 126 Å². The molecule has 0 saturated heterocycles. The van der Waals surface area contributed by atoms with Crippen molar-refractivity contribution in [3.8, 4) is 0 Å². The lowest BCUT2D eigenvalue weighted by Gasteiger charge is -2.21. The summed E-state index contributed by atoms with van der Waals surface area (Å²) in [6.07, 6.45) is 2.88. The molecule has 1 aromatic heterocycles. The van der Waals surface area contributed by atoms with Gasteiger partial charge in [-0.05, 0) is 25.8 Å². The molecule has 9 heteroatoms. The second-order valence-electron chi connectivity index (χ2n) is 7.03. The first-order chi connectivity index (χ1) is 15.3. The van der Waals surface area contributed by atoms with Gasteiger partial charge in [-0.2, -0.15) is 4.98 Å². The van der Waals surface area contributed by atoms with Crippen molar-refractivity contribution in [2.45, 2.75) is 67.9 Å². The van der Waals surface area contributed by atoms with Crippen molar-refractivity contribution in [1.82, 2.24) is 9.97 Å². The van der Waals surface area contributed by atoms with Crippen molar-refractivity contribution in [3.05, 3.63) is 40.1 Å². The molecule has 2 aromatic rings. The van der Waals surface area contributed by atoms with Gasteiger partial charge in [-0.15, -0.1) is 0 Å². The molecule has 0 amide bonds. The van der Waals surface area contributed by atoms with Gasteiger partial charge in [-0.3, -0.25) is 15.1 Å². The number of nitro benzene ring substituents is 1. The molecule has 0 fully saturated rings. The van der Waals surface area contributed by atoms with E-state index in [9.17, 15) is 15.2 Å². The van der Waals surface area contributed by atoms with Crippen LogP contribution in [0.4, 0.5) is 28.8 Å². The van der Waals surface area contributed by atoms with Crippen molar-refractivity contribution in [3.63, 3.8) is 0 Å². The van der Waals surface area contributed by atoms with E-state index in [0.717, 1.165) is 0 Å². The zero-order valence-corrected chi connectivity index (χ0v) is 20.5. The molecule has 178 valence electrons. The monoisotopic (exact) mass is 446 g/mol. The summed E-state index contributed by atoms with van der Waals surface area (Å²) >= 11 is 0. The molecule has 0 bridgehead atoms. The Hall–Kier alpha value is -3.07. The summed E-state index contributed by atoms with van der Waals surface area (Å²) in [5.74, 6) is 0.952. The van der Waals surface area contributed by atoms with Crippen molar-refractivity contribution in [2.24, 2.45) is 10.9 Å². The molecular formula is C23H38N6O3. The molecule has 3 N–H and O–H groups in total. The third-order valence-electron chi connectivity index (χ3n) is 3.95. The highest BCUT2D eigenvalue weighted by Gasteiger charge is 2.17. The molecule has 2 rings (SSSR count). The summed E-state index contributed by atoms with van der Waals surface area (Å²) in [6, 6.07) is 5.95. The third-order valence-corrected chi connectivity index (χ3v) is 3.95. The van der Waals surface area contributed by atoms with Crippen LogP contribution in [0.3, 0.4) is 0 Å². The van der Waals surface area contributed by atoms with Crippen molar-refractivity contribution in [2.75, 3.05) is 17.2 Å². The van der Waals surface area contributed by atoms with Crippen molar-refractivity contribution < 1.29 is 10.0 Å². The van der Waals surface area contributed by atoms with E-state index < -0.39 is 4.92 Å². The Bertz CT molecular complexity index is 856. The highest BCUT2D eigenvalue weighted by atomic mass is 16.6. The molecule has 0 aliphatic carbocycles. The number of anilines is 3. The Morgan fingerprint density at radius 2 is 1.88 bits per heavy atom. The van der Waals surface area contributed by atoms with Crippen LogP contribution in [0.15, 0.2) is 29.3 Å². The van der Waals surface area contributed by atoms with E-state index in [1.54, 1.807) is 32.2 Å². The number of aliphatic hydroxyl groups excluding tert-OH is 1. The van der Waals surface area contributed by atoms with Gasteiger partial charge in [-0.1, -0.05) is 54.0 Å². The minimum absolute atomic E-state index is 0.0233. The number of aromatic nitrogens is 2. The third kappa shape index (κ3) is 9.38. The van der Waals surface area contributed by atoms with Crippen LogP contribution in [-0.4, -0.2) is 38.9 Å². The van der Waals surface area contributed by atoms with Gasteiger partial charge in [0.1, 0.15) is 5.69 Å². The Morgan fingerprint density at radius 3 is 2.38 bits per heavy atom. The summed E-state index contributed by atoms with van der Waals surface area (Å²) in [7, 11) is 0. The van der Waals surface area contributed by atoms with Crippen LogP contribution in [0.5, 0.6) is 0 Å². The molecule has 0 saturated carbocycles. The maximum absolute atomic E-state index is 11.0. The van der Waals surface area contributed by atoms with Gasteiger partial charge in [0.15, 0.2) is 5.82 Å². The highest BCUT2D eigenvalue weighted by Crippen LogP contribution is 2.31. The predicted octanol–water partition coefficient (Wildman–Crippen LogP) is 6.03. The number of aliphatic hydroxyl groups is 1. The van der Waals surface area contributed by atoms with Crippen molar-refractivity contribution >= 4 is 35.0 Å². The van der Waals surface area contributed by atoms with Crippen LogP contribution < -0.4 is 10.6 Å². The standard InChI is InChI=1S/C18H24N6O3.C3H8.C2H6/c1-5-19-16-12(4)20-18(22-15(10-25)11(2)3)23-17(16)21-13-7-6-8-14(9-13)24(26)27;1-3-2;1-2/h5-9,11,15,25H,10H2,1-4H3,(H2,20,21,22,23);3H2,1-2H3;1-2H3. The van der Waals surface area contributed by atoms with E-state index in [4.69, 9.17) is 0 Å². The molecule has 0 spiro atoms. The molecule has 32 heavy (non-hydrogen) atoms. The largest absolute Gasteiger partial charge is 0.394 e. The fourth-order valence-corrected chi connectivity index (χ4v) is 2.43. The maximum atomic E-state index is 11.0. The van der Waals surface area contributed by atoms with E-state index in [1.165, 1.54) is 18.6 Å². The average Bonchev–Trinajstić information content (AvgIpc) is 2.76. The van der Waals surface area contributed by atoms with E-state index in [-0.39, 0.29) is 24.3 Å². The van der Waals surface area contributed by atoms with Gasteiger partial charge >= 0.3 is 0 Å². The van der Waals surface area contributed by atoms with Gasteiger partial charge in [0, 0.05) is 24.0 Å². The number of rotatable bonds is 8. The number of nitrogens with one attached hydrogen (secondary N) is 2. The van der Waals surface area contributed by atoms with E-state index in [0.29, 0.717) is 28.8 Å². The summed E-state index contributed by atoms with van der Waals surface area (Å²) in [4.78, 5) is 23.7. The lowest BCUT2D eigenvalue weighted by atomic mass is 10.1. The first-order valence-electron chi connectivity index (χ1n) is 11.0. The van der Waals surface area contributed by atoms with E-state index in [2.05, 4.69) is 39.4 Å². The summed E-state index contributed by atoms with van der Waals surface area (Å²) in [6.45, 7) is 15.8. The quantitative estimate of drug-likeness (QED) is 0.257. The van der Waals surface area contributed by atoms with Gasteiger partial charge in [0.2, 0.25) is 5.95 Å². The Kier molecular flexibility index (Phi) is 14.2. The Balaban J connectivity index is 0.00000177. The highest BCUT2D eigenvalue weighted by molar-refractivity contribution is 5.75. The minimum Gasteiger partial charge on any atom is -0.394 e. The first-order valence-corrected chi connectivity index (χ1v) is 11.0. The number of hydrogen-bond donors (Lipinski definition) is 3. The predicted molar refractivity (Wildman–Crippen MR) is 134 cm³/mol. The maximum Gasteiger partial charge on any atom is 0.271 e. The molecule has 1 heterocycles. The number of benzene rings is 1. The molecule has 0 aliphatic rings. The van der Waals surface area contributed by atoms with Crippen LogP contribution in [0.25, 0.3) is 0 Å². The zero-order valence-electron chi connectivity index (χ0n) is 20.5. The number of aliphatic imine (C=N–C) groups is 1. The second-order valence-corrected chi connectivity index (χ2v) is 7.03. The smallest absolute Gasteiger partial charge is 0.271 e. The molecule has 1 unspecified atom stereocenters. The minimum atomic E-state index is -0.455. The van der Waals surface area contributed by atoms with Gasteiger partial charge in [-0.25, -0.2) is 4.98 Å². The molecule has 9 nitrogen and oxygen atoms in total. The number of nitrogens with zero attached hydrogens (tertiary/aromatic N) is 4. The Morgan fingerprint density at radius 1 is 1.25 bits per heavy atom. The SMILES string of the molecule is CC.CC=Nc1c(C)nc(NC(CO)C(C)C)nc1Nc1cccc([N+](=O)[O-])c1.CCC. The van der Waals surface area contributed by atoms with Crippen LogP contribution in [0, 0.1) is 23.0 Å². The van der Waals surface area contributed by atoms with Crippen LogP contribution in [0.2, 0.25) is 0 Å². The van der Waals surface area contributed by atoms with Crippen molar-refractivity contribution in [1.29, 1.82) is 0 Å². The Labute approximate surface area is 191 Å². The van der Waals surface area contributed by atoms with Crippen LogP contribution in [-0.2, 0) is 0 Å². The normalized spacial score (nSPS) is 11.2. The molecule has 1 atom stereocenters. The van der Waals surface area contributed by atoms with Gasteiger partial charge in [0.05, 0.1) is 23.3 Å². The fraction of sp³-hybridized carbons (Fsp3) is 0.522. The number of nitro groups is 1. The lowest BCUT2D eigenvalue weighted by Crippen LogP contribution is -2.30. The number of aryl methyl sites for hydroxylation is 1. The first kappa shape index (κ1) is 28.9. The van der Waals surface area contributed by atoms with Gasteiger partial charge in [0.25, 0.3) is 5.69 Å². The van der Waals surface area contributed by atoms with Gasteiger partial charge < -0.3 is 15.7 Å². The van der Waals surface area contributed by atoms with Crippen LogP contribution in [0.1, 0.15) is 60.6 Å². The summed E-state index contributed by atoms with van der Waals surface area (Å²) in [5, 5.41) is 26.7. The van der Waals surface area contributed by atoms with E-state index >= 15 is 0 Å². The molecule has 1 aromatic carbocycles. The molecular weight excluding hydrogens is 408 g/mol. The fourth-order valence-electron chi connectivity index (χ4n) is 2.43. The number of hydrogen-bond acceptors (Lipinski definition) is 8. The van der Waals surface area contributed by atoms with Crippen LogP contribution >= 0.6 is 0 Å². The summed E-state index contributed by atoms with van der Waals surface area (Å²) in [5.41, 5.74) is 1.67. The average molecular weight is 447 g/mol. The second kappa shape index (κ2) is 15.7. The molecule has 0 aliphatic heterocycles. The lowest BCUT2D eigenvalue weighted by molar-refractivity contribution is -0.384. The number of non-ortho nitro benzene ring substituents is 1. The summed E-state index contributed by atoms with van der Waals surface area (Å²) < 4.78 is 0. The zero-order chi connectivity index (χ0) is 24.7.